The average molecular weight is 284 g/mol. The molecule has 0 bridgehead atoms. The van der Waals surface area contributed by atoms with Gasteiger partial charge in [0.1, 0.15) is 5.75 Å². The quantitative estimate of drug-likeness (QED) is 0.904. The third-order valence-electron chi connectivity index (χ3n) is 3.46. The lowest BCUT2D eigenvalue weighted by Crippen LogP contribution is -2.43. The predicted molar refractivity (Wildman–Crippen MR) is 84.4 cm³/mol. The number of phenols is 1. The number of hydrogen-bond donors (Lipinski definition) is 2. The molecule has 0 heterocycles. The number of rotatable bonds is 4. The van der Waals surface area contributed by atoms with E-state index in [1.807, 2.05) is 31.2 Å². The van der Waals surface area contributed by atoms with Crippen LogP contribution < -0.4 is 10.6 Å². The summed E-state index contributed by atoms with van der Waals surface area (Å²) in [5, 5.41) is 9.25. The first-order chi connectivity index (χ1) is 9.97. The highest BCUT2D eigenvalue weighted by Gasteiger charge is 2.19. The Labute approximate surface area is 124 Å². The summed E-state index contributed by atoms with van der Waals surface area (Å²) in [5.74, 6) is 0.0716. The molecule has 0 fully saturated rings. The zero-order valence-electron chi connectivity index (χ0n) is 12.3. The van der Waals surface area contributed by atoms with Gasteiger partial charge in [0.25, 0.3) is 0 Å². The van der Waals surface area contributed by atoms with E-state index in [-0.39, 0.29) is 11.7 Å². The smallest absolute Gasteiger partial charge is 0.243 e. The number of nitrogens with zero attached hydrogens (tertiary/aromatic N) is 1. The molecule has 4 nitrogen and oxygen atoms in total. The molecule has 0 aliphatic carbocycles. The number of nitrogens with two attached hydrogens (primary N) is 1. The van der Waals surface area contributed by atoms with Gasteiger partial charge in [-0.15, -0.1) is 0 Å². The van der Waals surface area contributed by atoms with Crippen molar-refractivity contribution >= 4 is 11.6 Å². The van der Waals surface area contributed by atoms with Crippen LogP contribution in [0, 0.1) is 6.92 Å². The molecular weight excluding hydrogens is 264 g/mol. The van der Waals surface area contributed by atoms with Gasteiger partial charge in [-0.05, 0) is 43.2 Å². The minimum atomic E-state index is -0.610. The Hall–Kier alpha value is -2.33. The van der Waals surface area contributed by atoms with Crippen molar-refractivity contribution in [1.82, 2.24) is 0 Å². The second kappa shape index (κ2) is 6.41. The van der Waals surface area contributed by atoms with E-state index in [1.54, 1.807) is 36.2 Å². The molecule has 0 saturated carbocycles. The first-order valence-corrected chi connectivity index (χ1v) is 6.85. The van der Waals surface area contributed by atoms with E-state index in [2.05, 4.69) is 0 Å². The van der Waals surface area contributed by atoms with Gasteiger partial charge in [-0.2, -0.15) is 0 Å². The molecule has 2 aromatic carbocycles. The zero-order valence-corrected chi connectivity index (χ0v) is 12.3. The van der Waals surface area contributed by atoms with E-state index >= 15 is 0 Å². The van der Waals surface area contributed by atoms with Crippen LogP contribution in [0.15, 0.2) is 48.5 Å². The highest BCUT2D eigenvalue weighted by Crippen LogP contribution is 2.16. The molecule has 0 aromatic heterocycles. The van der Waals surface area contributed by atoms with Crippen LogP contribution in [0.3, 0.4) is 0 Å². The summed E-state index contributed by atoms with van der Waals surface area (Å²) in [4.78, 5) is 13.9. The molecule has 1 amide bonds. The number of hydrogen-bond acceptors (Lipinski definition) is 3. The van der Waals surface area contributed by atoms with Crippen molar-refractivity contribution in [2.75, 3.05) is 11.9 Å². The lowest BCUT2D eigenvalue weighted by atomic mass is 10.1. The van der Waals surface area contributed by atoms with Crippen LogP contribution >= 0.6 is 0 Å². The summed E-state index contributed by atoms with van der Waals surface area (Å²) in [6.45, 7) is 2.00. The summed E-state index contributed by atoms with van der Waals surface area (Å²) < 4.78 is 0. The normalized spacial score (nSPS) is 12.0. The summed E-state index contributed by atoms with van der Waals surface area (Å²) in [5.41, 5.74) is 8.90. The Bertz CT molecular complexity index is 606. The largest absolute Gasteiger partial charge is 0.508 e. The van der Waals surface area contributed by atoms with Crippen LogP contribution in [0.4, 0.5) is 5.69 Å². The van der Waals surface area contributed by atoms with E-state index in [4.69, 9.17) is 5.73 Å². The number of phenolic OH excluding ortho intramolecular Hbond substituents is 1. The highest BCUT2D eigenvalue weighted by molar-refractivity contribution is 5.96. The van der Waals surface area contributed by atoms with Crippen molar-refractivity contribution in [2.24, 2.45) is 5.73 Å². The van der Waals surface area contributed by atoms with Gasteiger partial charge in [-0.25, -0.2) is 0 Å². The first-order valence-electron chi connectivity index (χ1n) is 6.85. The van der Waals surface area contributed by atoms with E-state index in [1.165, 1.54) is 0 Å². The molecule has 0 aliphatic rings. The number of aromatic hydroxyl groups is 1. The van der Waals surface area contributed by atoms with Crippen LogP contribution in [-0.2, 0) is 11.2 Å². The fourth-order valence-electron chi connectivity index (χ4n) is 2.12. The van der Waals surface area contributed by atoms with Crippen molar-refractivity contribution in [3.8, 4) is 5.75 Å². The molecule has 0 saturated heterocycles. The minimum absolute atomic E-state index is 0.132. The lowest BCUT2D eigenvalue weighted by Gasteiger charge is -2.21. The molecule has 0 unspecified atom stereocenters. The van der Waals surface area contributed by atoms with Crippen molar-refractivity contribution in [2.45, 2.75) is 19.4 Å². The van der Waals surface area contributed by atoms with E-state index in [0.29, 0.717) is 6.42 Å². The Morgan fingerprint density at radius 2 is 1.71 bits per heavy atom. The minimum Gasteiger partial charge on any atom is -0.508 e. The highest BCUT2D eigenvalue weighted by atomic mass is 16.3. The molecule has 3 N–H and O–H groups in total. The van der Waals surface area contributed by atoms with Gasteiger partial charge in [0.2, 0.25) is 5.91 Å². The van der Waals surface area contributed by atoms with Gasteiger partial charge in [-0.1, -0.05) is 29.8 Å². The maximum absolute atomic E-state index is 12.4. The number of likely N-dealkylation sites (N-methyl/N-ethyl adjacent to an activating group) is 1. The summed E-state index contributed by atoms with van der Waals surface area (Å²) in [6, 6.07) is 13.9. The van der Waals surface area contributed by atoms with Gasteiger partial charge < -0.3 is 15.7 Å². The summed E-state index contributed by atoms with van der Waals surface area (Å²) in [7, 11) is 1.73. The van der Waals surface area contributed by atoms with E-state index < -0.39 is 6.04 Å². The van der Waals surface area contributed by atoms with Gasteiger partial charge in [0.15, 0.2) is 0 Å². The molecule has 0 aliphatic heterocycles. The standard InChI is InChI=1S/C17H20N2O2/c1-12-3-7-14(8-4-12)19(2)17(21)16(18)11-13-5-9-15(20)10-6-13/h3-10,16,20H,11,18H2,1-2H3/t16-/m1/s1. The SMILES string of the molecule is Cc1ccc(N(C)C(=O)[C@H](N)Cc2ccc(O)cc2)cc1. The van der Waals surface area contributed by atoms with E-state index in [0.717, 1.165) is 16.8 Å². The monoisotopic (exact) mass is 284 g/mol. The third kappa shape index (κ3) is 3.83. The summed E-state index contributed by atoms with van der Waals surface area (Å²) in [6.07, 6.45) is 0.440. The molecule has 0 radical (unpaired) electrons. The number of anilines is 1. The number of amides is 1. The maximum Gasteiger partial charge on any atom is 0.243 e. The Morgan fingerprint density at radius 1 is 1.14 bits per heavy atom. The van der Waals surface area contributed by atoms with Crippen LogP contribution in [-0.4, -0.2) is 24.1 Å². The van der Waals surface area contributed by atoms with Crippen LogP contribution in [0.5, 0.6) is 5.75 Å². The number of aryl methyl sites for hydroxylation is 1. The first kappa shape index (κ1) is 15.1. The second-order valence-electron chi connectivity index (χ2n) is 5.21. The van der Waals surface area contributed by atoms with Crippen molar-refractivity contribution in [3.05, 3.63) is 59.7 Å². The molecule has 2 aromatic rings. The fourth-order valence-corrected chi connectivity index (χ4v) is 2.12. The van der Waals surface area contributed by atoms with Crippen LogP contribution in [0.1, 0.15) is 11.1 Å². The third-order valence-corrected chi connectivity index (χ3v) is 3.46. The van der Waals surface area contributed by atoms with Crippen LogP contribution in [0.25, 0.3) is 0 Å². The van der Waals surface area contributed by atoms with Gasteiger partial charge in [-0.3, -0.25) is 4.79 Å². The molecule has 0 spiro atoms. The second-order valence-corrected chi connectivity index (χ2v) is 5.21. The molecule has 4 heteroatoms. The number of carbonyl (C=O) groups is 1. The molecule has 21 heavy (non-hydrogen) atoms. The number of carbonyl (C=O) groups excluding carboxylic acids is 1. The van der Waals surface area contributed by atoms with E-state index in [9.17, 15) is 9.90 Å². The Morgan fingerprint density at radius 3 is 2.29 bits per heavy atom. The van der Waals surface area contributed by atoms with Gasteiger partial charge in [0, 0.05) is 12.7 Å². The molecule has 110 valence electrons. The topological polar surface area (TPSA) is 66.6 Å². The lowest BCUT2D eigenvalue weighted by molar-refractivity contribution is -0.119. The van der Waals surface area contributed by atoms with Crippen LogP contribution in [0.2, 0.25) is 0 Å². The fraction of sp³-hybridized carbons (Fsp3) is 0.235. The summed E-state index contributed by atoms with van der Waals surface area (Å²) >= 11 is 0. The molecular formula is C17H20N2O2. The maximum atomic E-state index is 12.4. The van der Waals surface area contributed by atoms with Crippen molar-refractivity contribution in [1.29, 1.82) is 0 Å². The average Bonchev–Trinajstić information content (AvgIpc) is 2.49. The Balaban J connectivity index is 2.04. The van der Waals surface area contributed by atoms with Gasteiger partial charge >= 0.3 is 0 Å². The Kier molecular flexibility index (Phi) is 4.60. The molecule has 2 rings (SSSR count). The van der Waals surface area contributed by atoms with Gasteiger partial charge in [0.05, 0.1) is 6.04 Å². The van der Waals surface area contributed by atoms with Crippen molar-refractivity contribution in [3.63, 3.8) is 0 Å². The molecule has 1 atom stereocenters. The zero-order chi connectivity index (χ0) is 15.4. The number of benzene rings is 2. The predicted octanol–water partition coefficient (Wildman–Crippen LogP) is 2.23. The van der Waals surface area contributed by atoms with Crippen molar-refractivity contribution < 1.29 is 9.90 Å².